The first kappa shape index (κ1) is 15.3. The van der Waals surface area contributed by atoms with E-state index in [9.17, 15) is 4.79 Å². The minimum atomic E-state index is -0.575. The van der Waals surface area contributed by atoms with Gasteiger partial charge in [-0.1, -0.05) is 46.3 Å². The summed E-state index contributed by atoms with van der Waals surface area (Å²) in [5.74, 6) is 0.144. The molecule has 2 unspecified atom stereocenters. The number of nitrogens with one attached hydrogen (secondary N) is 1. The summed E-state index contributed by atoms with van der Waals surface area (Å²) in [4.78, 5) is 12.4. The van der Waals surface area contributed by atoms with Crippen molar-refractivity contribution in [1.82, 2.24) is 0 Å². The number of hydrogen-bond acceptors (Lipinski definition) is 3. The molecule has 3 nitrogen and oxygen atoms in total. The third kappa shape index (κ3) is 3.57. The predicted molar refractivity (Wildman–Crippen MR) is 90.9 cm³/mol. The Morgan fingerprint density at radius 1 is 1.23 bits per heavy atom. The summed E-state index contributed by atoms with van der Waals surface area (Å²) in [5, 5.41) is 3.46. The summed E-state index contributed by atoms with van der Waals surface area (Å²) in [6.07, 6.45) is 0.413. The fraction of sp³-hybridized carbons (Fsp3) is 0.278. The minimum absolute atomic E-state index is 0.0594. The largest absolute Gasteiger partial charge is 0.378 e. The summed E-state index contributed by atoms with van der Waals surface area (Å²) in [6, 6.07) is 18.0. The molecule has 0 spiro atoms. The Balaban J connectivity index is 1.79. The van der Waals surface area contributed by atoms with Gasteiger partial charge in [0.1, 0.15) is 5.60 Å². The minimum Gasteiger partial charge on any atom is -0.378 e. The molecule has 0 aromatic heterocycles. The van der Waals surface area contributed by atoms with Gasteiger partial charge >= 0.3 is 0 Å². The molecular weight excluding hydrogens is 342 g/mol. The Morgan fingerprint density at radius 3 is 2.45 bits per heavy atom. The molecule has 1 fully saturated rings. The molecule has 1 aliphatic heterocycles. The fourth-order valence-corrected chi connectivity index (χ4v) is 2.62. The highest BCUT2D eigenvalue weighted by Gasteiger charge is 2.47. The van der Waals surface area contributed by atoms with Crippen LogP contribution in [0.3, 0.4) is 0 Å². The van der Waals surface area contributed by atoms with E-state index < -0.39 is 5.60 Å². The number of carbonyl (C=O) groups excluding carboxylic acids is 1. The third-order valence-corrected chi connectivity index (χ3v) is 4.47. The molecule has 2 aromatic carbocycles. The number of hydrogen-bond donors (Lipinski definition) is 1. The monoisotopic (exact) mass is 359 g/mol. The molecule has 0 aliphatic carbocycles. The molecule has 1 aliphatic rings. The third-order valence-electron chi connectivity index (χ3n) is 3.94. The van der Waals surface area contributed by atoms with E-state index in [1.165, 1.54) is 0 Å². The molecule has 3 rings (SSSR count). The Kier molecular flexibility index (Phi) is 4.32. The van der Waals surface area contributed by atoms with Crippen LogP contribution in [0.25, 0.3) is 0 Å². The lowest BCUT2D eigenvalue weighted by molar-refractivity contribution is -0.123. The maximum absolute atomic E-state index is 12.4. The maximum Gasteiger partial charge on any atom is 0.169 e. The Labute approximate surface area is 138 Å². The first-order valence-corrected chi connectivity index (χ1v) is 8.10. The van der Waals surface area contributed by atoms with Crippen molar-refractivity contribution in [2.75, 3.05) is 11.9 Å². The zero-order valence-electron chi connectivity index (χ0n) is 12.4. The van der Waals surface area contributed by atoms with E-state index >= 15 is 0 Å². The smallest absolute Gasteiger partial charge is 0.169 e. The van der Waals surface area contributed by atoms with Crippen LogP contribution in [-0.2, 0) is 9.53 Å². The van der Waals surface area contributed by atoms with Crippen LogP contribution in [0.5, 0.6) is 0 Å². The Bertz CT molecular complexity index is 651. The Hall–Kier alpha value is -1.65. The molecule has 0 saturated carbocycles. The van der Waals surface area contributed by atoms with Crippen molar-refractivity contribution in [2.24, 2.45) is 0 Å². The average molecular weight is 360 g/mol. The van der Waals surface area contributed by atoms with Crippen molar-refractivity contribution in [3.05, 3.63) is 64.6 Å². The molecule has 0 radical (unpaired) electrons. The first-order valence-electron chi connectivity index (χ1n) is 7.31. The fourth-order valence-electron chi connectivity index (χ4n) is 2.36. The van der Waals surface area contributed by atoms with E-state index in [1.807, 2.05) is 61.5 Å². The van der Waals surface area contributed by atoms with Gasteiger partial charge in [-0.2, -0.15) is 0 Å². The molecule has 22 heavy (non-hydrogen) atoms. The van der Waals surface area contributed by atoms with E-state index in [4.69, 9.17) is 4.74 Å². The van der Waals surface area contributed by atoms with Gasteiger partial charge in [-0.15, -0.1) is 0 Å². The second-order valence-corrected chi connectivity index (χ2v) is 6.68. The van der Waals surface area contributed by atoms with Gasteiger partial charge in [0, 0.05) is 16.6 Å². The van der Waals surface area contributed by atoms with Gasteiger partial charge in [0.05, 0.1) is 12.6 Å². The highest BCUT2D eigenvalue weighted by molar-refractivity contribution is 9.10. The molecule has 0 bridgehead atoms. The molecule has 2 aromatic rings. The maximum atomic E-state index is 12.4. The molecule has 1 heterocycles. The van der Waals surface area contributed by atoms with E-state index in [2.05, 4.69) is 21.2 Å². The van der Waals surface area contributed by atoms with Crippen molar-refractivity contribution in [3.8, 4) is 0 Å². The quantitative estimate of drug-likeness (QED) is 0.779. The van der Waals surface area contributed by atoms with Gasteiger partial charge < -0.3 is 10.1 Å². The van der Waals surface area contributed by atoms with Crippen LogP contribution in [0.2, 0.25) is 0 Å². The molecule has 1 N–H and O–H groups in total. The average Bonchev–Trinajstić information content (AvgIpc) is 3.29. The number of carbonyl (C=O) groups is 1. The molecule has 114 valence electrons. The number of rotatable bonds is 6. The van der Waals surface area contributed by atoms with Crippen LogP contribution in [0.1, 0.15) is 24.9 Å². The molecule has 0 amide bonds. The van der Waals surface area contributed by atoms with Crippen LogP contribution in [-0.4, -0.2) is 18.0 Å². The number of ketones is 1. The zero-order valence-corrected chi connectivity index (χ0v) is 14.0. The molecule has 1 saturated heterocycles. The second kappa shape index (κ2) is 6.23. The highest BCUT2D eigenvalue weighted by Crippen LogP contribution is 2.32. The lowest BCUT2D eigenvalue weighted by Gasteiger charge is -2.21. The van der Waals surface area contributed by atoms with Gasteiger partial charge in [0.2, 0.25) is 0 Å². The normalized spacial score (nSPS) is 21.2. The van der Waals surface area contributed by atoms with E-state index in [0.717, 1.165) is 15.7 Å². The van der Waals surface area contributed by atoms with Crippen LogP contribution in [0.4, 0.5) is 5.69 Å². The van der Waals surface area contributed by atoms with Gasteiger partial charge in [-0.3, -0.25) is 4.79 Å². The molecule has 4 heteroatoms. The number of epoxide rings is 1. The number of halogens is 1. The first-order chi connectivity index (χ1) is 10.6. The number of ether oxygens (including phenoxy) is 1. The SMILES string of the molecule is CC1(C(=O)CC(Nc2ccc(Br)cc2)c2ccccc2)CO1. The standard InChI is InChI=1S/C18H18BrNO2/c1-18(12-22-18)17(21)11-16(13-5-3-2-4-6-13)20-15-9-7-14(19)8-10-15/h2-10,16,20H,11-12H2,1H3. The number of Topliss-reactive ketones (excluding diaryl/α,β-unsaturated/α-hetero) is 1. The summed E-state index contributed by atoms with van der Waals surface area (Å²) in [7, 11) is 0. The van der Waals surface area contributed by atoms with E-state index in [0.29, 0.717) is 13.0 Å². The van der Waals surface area contributed by atoms with Crippen molar-refractivity contribution in [2.45, 2.75) is 25.0 Å². The van der Waals surface area contributed by atoms with Crippen molar-refractivity contribution in [3.63, 3.8) is 0 Å². The lowest BCUT2D eigenvalue weighted by atomic mass is 9.95. The van der Waals surface area contributed by atoms with Gasteiger partial charge in [0.15, 0.2) is 5.78 Å². The highest BCUT2D eigenvalue weighted by atomic mass is 79.9. The number of benzene rings is 2. The molecular formula is C18H18BrNO2. The van der Waals surface area contributed by atoms with Crippen molar-refractivity contribution >= 4 is 27.4 Å². The second-order valence-electron chi connectivity index (χ2n) is 5.76. The summed E-state index contributed by atoms with van der Waals surface area (Å²) < 4.78 is 6.31. The summed E-state index contributed by atoms with van der Waals surface area (Å²) in [5.41, 5.74) is 1.52. The van der Waals surface area contributed by atoms with Gasteiger partial charge in [-0.25, -0.2) is 0 Å². The molecule has 2 atom stereocenters. The van der Waals surface area contributed by atoms with Gasteiger partial charge in [0.25, 0.3) is 0 Å². The summed E-state index contributed by atoms with van der Waals surface area (Å²) in [6.45, 7) is 2.39. The Morgan fingerprint density at radius 2 is 1.86 bits per heavy atom. The van der Waals surface area contributed by atoms with E-state index in [1.54, 1.807) is 0 Å². The van der Waals surface area contributed by atoms with Crippen molar-refractivity contribution < 1.29 is 9.53 Å². The topological polar surface area (TPSA) is 41.6 Å². The van der Waals surface area contributed by atoms with Gasteiger partial charge in [-0.05, 0) is 36.8 Å². The van der Waals surface area contributed by atoms with E-state index in [-0.39, 0.29) is 11.8 Å². The summed E-state index contributed by atoms with van der Waals surface area (Å²) >= 11 is 3.43. The number of anilines is 1. The van der Waals surface area contributed by atoms with Crippen LogP contribution >= 0.6 is 15.9 Å². The van der Waals surface area contributed by atoms with Crippen LogP contribution in [0.15, 0.2) is 59.1 Å². The zero-order chi connectivity index (χ0) is 15.6. The van der Waals surface area contributed by atoms with Crippen LogP contribution in [0, 0.1) is 0 Å². The lowest BCUT2D eigenvalue weighted by Crippen LogP contribution is -2.25. The predicted octanol–water partition coefficient (Wildman–Crippen LogP) is 4.35. The van der Waals surface area contributed by atoms with Crippen LogP contribution < -0.4 is 5.32 Å². The van der Waals surface area contributed by atoms with Crippen molar-refractivity contribution in [1.29, 1.82) is 0 Å².